The molecule has 0 fully saturated rings. The number of carbonyl (C=O) groups is 1. The summed E-state index contributed by atoms with van der Waals surface area (Å²) in [6.07, 6.45) is 3.33. The van der Waals surface area contributed by atoms with Gasteiger partial charge in [-0.25, -0.2) is 9.79 Å². The highest BCUT2D eigenvalue weighted by molar-refractivity contribution is 7.07. The molecule has 0 bridgehead atoms. The molecule has 0 spiro atoms. The minimum Gasteiger partial charge on any atom is -0.493 e. The SMILES string of the molecule is CCCOc1c(/C=c2/sc3n(c2=O)[C@H](c2cccc(OC)c2OCCC)C(C(=O)OCCOC)=C(C)N=3)cccc1OC. The molecule has 10 nitrogen and oxygen atoms in total. The van der Waals surface area contributed by atoms with Crippen LogP contribution in [0.25, 0.3) is 6.08 Å². The van der Waals surface area contributed by atoms with Gasteiger partial charge in [-0.15, -0.1) is 0 Å². The first kappa shape index (κ1) is 31.8. The second-order valence-corrected chi connectivity index (χ2v) is 10.7. The monoisotopic (exact) mass is 610 g/mol. The number of hydrogen-bond donors (Lipinski definition) is 0. The van der Waals surface area contributed by atoms with Crippen LogP contribution in [0.2, 0.25) is 0 Å². The number of rotatable bonds is 14. The van der Waals surface area contributed by atoms with Crippen molar-refractivity contribution in [1.29, 1.82) is 0 Å². The second-order valence-electron chi connectivity index (χ2n) is 9.66. The lowest BCUT2D eigenvalue weighted by atomic mass is 9.94. The van der Waals surface area contributed by atoms with Crippen molar-refractivity contribution in [3.63, 3.8) is 0 Å². The lowest BCUT2D eigenvalue weighted by Crippen LogP contribution is -2.40. The van der Waals surface area contributed by atoms with E-state index in [-0.39, 0.29) is 24.3 Å². The van der Waals surface area contributed by atoms with Gasteiger partial charge in [0.05, 0.1) is 49.8 Å². The molecule has 0 N–H and O–H groups in total. The number of nitrogens with zero attached hydrogens (tertiary/aromatic N) is 2. The predicted octanol–water partition coefficient (Wildman–Crippen LogP) is 4.02. The van der Waals surface area contributed by atoms with E-state index in [0.29, 0.717) is 62.4 Å². The number of para-hydroxylation sites is 2. The second kappa shape index (κ2) is 14.9. The third-order valence-corrected chi connectivity index (χ3v) is 7.69. The maximum Gasteiger partial charge on any atom is 0.338 e. The predicted molar refractivity (Wildman–Crippen MR) is 164 cm³/mol. The molecule has 0 saturated carbocycles. The van der Waals surface area contributed by atoms with E-state index >= 15 is 0 Å². The van der Waals surface area contributed by atoms with Crippen LogP contribution in [0.3, 0.4) is 0 Å². The Morgan fingerprint density at radius 3 is 2.23 bits per heavy atom. The maximum atomic E-state index is 14.2. The number of aromatic nitrogens is 1. The molecule has 0 amide bonds. The van der Waals surface area contributed by atoms with Crippen LogP contribution in [0.15, 0.2) is 57.5 Å². The van der Waals surface area contributed by atoms with Gasteiger partial charge in [0.2, 0.25) is 0 Å². The Hall–Kier alpha value is -4.09. The number of ether oxygens (including phenoxy) is 6. The third-order valence-electron chi connectivity index (χ3n) is 6.70. The van der Waals surface area contributed by atoms with Crippen LogP contribution >= 0.6 is 11.3 Å². The van der Waals surface area contributed by atoms with Crippen molar-refractivity contribution in [3.05, 3.63) is 78.5 Å². The molecule has 2 heterocycles. The lowest BCUT2D eigenvalue weighted by Gasteiger charge is -2.27. The van der Waals surface area contributed by atoms with Crippen LogP contribution in [0.1, 0.15) is 50.8 Å². The fourth-order valence-corrected chi connectivity index (χ4v) is 5.78. The molecule has 0 saturated heterocycles. The van der Waals surface area contributed by atoms with Gasteiger partial charge in [0, 0.05) is 18.2 Å². The number of hydrogen-bond acceptors (Lipinski definition) is 10. The van der Waals surface area contributed by atoms with Crippen LogP contribution in [-0.4, -0.2) is 58.3 Å². The highest BCUT2D eigenvalue weighted by atomic mass is 32.1. The molecule has 11 heteroatoms. The van der Waals surface area contributed by atoms with E-state index in [1.165, 1.54) is 23.0 Å². The number of fused-ring (bicyclic) bond motifs is 1. The lowest BCUT2D eigenvalue weighted by molar-refractivity contribution is -0.140. The summed E-state index contributed by atoms with van der Waals surface area (Å²) in [5.74, 6) is 1.47. The van der Waals surface area contributed by atoms with Crippen molar-refractivity contribution in [1.82, 2.24) is 4.57 Å². The summed E-state index contributed by atoms with van der Waals surface area (Å²) >= 11 is 1.23. The van der Waals surface area contributed by atoms with Crippen molar-refractivity contribution in [3.8, 4) is 23.0 Å². The highest BCUT2D eigenvalue weighted by Crippen LogP contribution is 2.41. The standard InChI is InChI=1S/C32H38N2O8S/c1-7-15-40-28-21(11-9-13-23(28)38-5)19-25-30(35)34-27(22-12-10-14-24(39-6)29(22)41-16-8-2)26(20(3)33-32(34)43-25)31(36)42-18-17-37-4/h9-14,19,27H,7-8,15-18H2,1-6H3/b25-19+/t27-/m1/s1. The first-order valence-corrected chi connectivity index (χ1v) is 15.0. The molecule has 1 aliphatic rings. The van der Waals surface area contributed by atoms with Gasteiger partial charge in [-0.3, -0.25) is 9.36 Å². The summed E-state index contributed by atoms with van der Waals surface area (Å²) in [7, 11) is 4.66. The summed E-state index contributed by atoms with van der Waals surface area (Å²) in [4.78, 5) is 32.9. The summed E-state index contributed by atoms with van der Waals surface area (Å²) in [5, 5.41) is 0. The van der Waals surface area contributed by atoms with E-state index < -0.39 is 12.0 Å². The summed E-state index contributed by atoms with van der Waals surface area (Å²) in [5.41, 5.74) is 1.63. The molecule has 230 valence electrons. The normalized spacial score (nSPS) is 14.7. The first-order valence-electron chi connectivity index (χ1n) is 14.2. The van der Waals surface area contributed by atoms with Gasteiger partial charge >= 0.3 is 5.97 Å². The van der Waals surface area contributed by atoms with Crippen LogP contribution < -0.4 is 33.8 Å². The molecule has 1 aromatic heterocycles. The van der Waals surface area contributed by atoms with Crippen molar-refractivity contribution in [2.24, 2.45) is 4.99 Å². The Bertz CT molecular complexity index is 1660. The number of thiazole rings is 1. The molecule has 1 atom stereocenters. The van der Waals surface area contributed by atoms with Crippen LogP contribution in [-0.2, 0) is 14.3 Å². The molecular weight excluding hydrogens is 572 g/mol. The molecule has 1 aliphatic heterocycles. The van der Waals surface area contributed by atoms with Crippen molar-refractivity contribution >= 4 is 23.4 Å². The van der Waals surface area contributed by atoms with Crippen molar-refractivity contribution < 1.29 is 33.2 Å². The number of carbonyl (C=O) groups excluding carboxylic acids is 1. The van der Waals surface area contributed by atoms with Gasteiger partial charge in [0.15, 0.2) is 27.8 Å². The molecule has 0 unspecified atom stereocenters. The average molecular weight is 611 g/mol. The average Bonchev–Trinajstić information content (AvgIpc) is 3.32. The van der Waals surface area contributed by atoms with E-state index in [1.54, 1.807) is 39.4 Å². The van der Waals surface area contributed by atoms with E-state index in [1.807, 2.05) is 38.1 Å². The Morgan fingerprint density at radius 1 is 0.930 bits per heavy atom. The fraction of sp³-hybridized carbons (Fsp3) is 0.406. The minimum absolute atomic E-state index is 0.0525. The first-order chi connectivity index (χ1) is 20.9. The van der Waals surface area contributed by atoms with Crippen molar-refractivity contribution in [2.75, 3.05) is 47.8 Å². The third kappa shape index (κ3) is 6.78. The topological polar surface area (TPSA) is 107 Å². The van der Waals surface area contributed by atoms with Gasteiger partial charge in [-0.2, -0.15) is 0 Å². The van der Waals surface area contributed by atoms with Gasteiger partial charge < -0.3 is 28.4 Å². The number of methoxy groups -OCH3 is 3. The van der Waals surface area contributed by atoms with E-state index in [4.69, 9.17) is 33.4 Å². The fourth-order valence-electron chi connectivity index (χ4n) is 4.75. The van der Waals surface area contributed by atoms with Crippen LogP contribution in [0.4, 0.5) is 0 Å². The smallest absolute Gasteiger partial charge is 0.338 e. The number of allylic oxidation sites excluding steroid dienone is 1. The molecule has 0 radical (unpaired) electrons. The summed E-state index contributed by atoms with van der Waals surface area (Å²) < 4.78 is 35.9. The summed E-state index contributed by atoms with van der Waals surface area (Å²) in [6, 6.07) is 10.1. The highest BCUT2D eigenvalue weighted by Gasteiger charge is 2.36. The molecule has 3 aromatic rings. The number of benzene rings is 2. The molecule has 2 aromatic carbocycles. The zero-order chi connectivity index (χ0) is 30.9. The van der Waals surface area contributed by atoms with Gasteiger partial charge in [-0.1, -0.05) is 49.4 Å². The summed E-state index contributed by atoms with van der Waals surface area (Å²) in [6.45, 7) is 6.95. The molecule has 4 rings (SSSR count). The van der Waals surface area contributed by atoms with Gasteiger partial charge in [0.25, 0.3) is 5.56 Å². The Labute approximate surface area is 254 Å². The maximum absolute atomic E-state index is 14.2. The van der Waals surface area contributed by atoms with E-state index in [2.05, 4.69) is 0 Å². The Balaban J connectivity index is 1.97. The Morgan fingerprint density at radius 2 is 1.58 bits per heavy atom. The minimum atomic E-state index is -0.878. The van der Waals surface area contributed by atoms with Crippen molar-refractivity contribution in [2.45, 2.75) is 39.7 Å². The Kier molecular flexibility index (Phi) is 11.0. The molecule has 0 aliphatic carbocycles. The molecule has 43 heavy (non-hydrogen) atoms. The zero-order valence-corrected chi connectivity index (χ0v) is 26.2. The van der Waals surface area contributed by atoms with E-state index in [0.717, 1.165) is 12.8 Å². The van der Waals surface area contributed by atoms with E-state index in [9.17, 15) is 9.59 Å². The quantitative estimate of drug-likeness (QED) is 0.199. The zero-order valence-electron chi connectivity index (χ0n) is 25.4. The van der Waals surface area contributed by atoms with Gasteiger partial charge in [-0.05, 0) is 38.0 Å². The van der Waals surface area contributed by atoms with Crippen LogP contribution in [0.5, 0.6) is 23.0 Å². The number of esters is 1. The van der Waals surface area contributed by atoms with Crippen LogP contribution in [0, 0.1) is 0 Å². The van der Waals surface area contributed by atoms with Gasteiger partial charge in [0.1, 0.15) is 12.6 Å². The largest absolute Gasteiger partial charge is 0.493 e. The molecular formula is C32H38N2O8S.